The molecule has 0 unspecified atom stereocenters. The fourth-order valence-electron chi connectivity index (χ4n) is 3.05. The van der Waals surface area contributed by atoms with Gasteiger partial charge in [-0.25, -0.2) is 0 Å². The molecule has 1 aromatic rings. The van der Waals surface area contributed by atoms with Gasteiger partial charge >= 0.3 is 0 Å². The molecule has 0 spiro atoms. The van der Waals surface area contributed by atoms with Crippen molar-refractivity contribution in [2.45, 2.75) is 6.92 Å². The van der Waals surface area contributed by atoms with Crippen LogP contribution in [0.4, 0.5) is 0 Å². The van der Waals surface area contributed by atoms with Crippen LogP contribution in [0.5, 0.6) is 0 Å². The van der Waals surface area contributed by atoms with E-state index in [0.29, 0.717) is 31.3 Å². The van der Waals surface area contributed by atoms with Crippen molar-refractivity contribution in [1.82, 2.24) is 14.8 Å². The van der Waals surface area contributed by atoms with Gasteiger partial charge in [-0.15, -0.1) is 0 Å². The number of nitrogens with zero attached hydrogens (tertiary/aromatic N) is 2. The smallest absolute Gasteiger partial charge is 0.270 e. The number of amides is 1. The molecule has 124 valence electrons. The Morgan fingerprint density at radius 1 is 1.50 bits per heavy atom. The zero-order valence-corrected chi connectivity index (χ0v) is 13.7. The van der Waals surface area contributed by atoms with Crippen LogP contribution in [0.25, 0.3) is 0 Å². The zero-order chi connectivity index (χ0) is 16.1. The van der Waals surface area contributed by atoms with Crippen molar-refractivity contribution < 1.29 is 14.6 Å². The molecule has 1 aliphatic heterocycles. The number of aromatic nitrogens is 1. The van der Waals surface area contributed by atoms with E-state index in [9.17, 15) is 9.90 Å². The maximum Gasteiger partial charge on any atom is 0.270 e. The Bertz CT molecular complexity index is 489. The van der Waals surface area contributed by atoms with E-state index in [1.165, 1.54) is 0 Å². The van der Waals surface area contributed by atoms with Crippen LogP contribution >= 0.6 is 0 Å². The quantitative estimate of drug-likeness (QED) is 0.773. The average Bonchev–Trinajstić information content (AvgIpc) is 3.10. The van der Waals surface area contributed by atoms with Crippen LogP contribution < -0.4 is 0 Å². The summed E-state index contributed by atoms with van der Waals surface area (Å²) in [5.74, 6) is 0.463. The van der Waals surface area contributed by atoms with E-state index >= 15 is 0 Å². The first-order valence-corrected chi connectivity index (χ1v) is 7.77. The number of aliphatic hydroxyl groups excluding tert-OH is 1. The van der Waals surface area contributed by atoms with E-state index in [1.54, 1.807) is 7.11 Å². The second kappa shape index (κ2) is 7.76. The van der Waals surface area contributed by atoms with Crippen LogP contribution in [-0.2, 0) is 4.74 Å². The van der Waals surface area contributed by atoms with E-state index in [4.69, 9.17) is 4.74 Å². The van der Waals surface area contributed by atoms with Crippen LogP contribution in [0.3, 0.4) is 0 Å². The fourth-order valence-corrected chi connectivity index (χ4v) is 3.05. The molecule has 6 heteroatoms. The Kier molecular flexibility index (Phi) is 5.99. The Morgan fingerprint density at radius 2 is 2.23 bits per heavy atom. The number of hydrogen-bond acceptors (Lipinski definition) is 4. The first kappa shape index (κ1) is 17.0. The van der Waals surface area contributed by atoms with Crippen molar-refractivity contribution in [1.29, 1.82) is 0 Å². The van der Waals surface area contributed by atoms with Crippen molar-refractivity contribution >= 4 is 5.91 Å². The summed E-state index contributed by atoms with van der Waals surface area (Å²) >= 11 is 0. The molecule has 0 aliphatic carbocycles. The third kappa shape index (κ3) is 4.09. The summed E-state index contributed by atoms with van der Waals surface area (Å²) in [6, 6.07) is 1.87. The number of ether oxygens (including phenoxy) is 1. The maximum absolute atomic E-state index is 12.5. The SMILES string of the molecule is COCCN(C)C[C@@H]1CN(C(=O)c2cc(C)c[nH]2)C[C@@H]1CO. The Balaban J connectivity index is 1.95. The number of rotatable bonds is 7. The minimum absolute atomic E-state index is 0.0218. The number of nitrogens with one attached hydrogen (secondary N) is 1. The van der Waals surface area contributed by atoms with E-state index in [1.807, 2.05) is 31.1 Å². The number of likely N-dealkylation sites (tertiary alicyclic amines) is 1. The highest BCUT2D eigenvalue weighted by Crippen LogP contribution is 2.25. The van der Waals surface area contributed by atoms with E-state index in [0.717, 1.165) is 18.7 Å². The number of methoxy groups -OCH3 is 1. The van der Waals surface area contributed by atoms with Gasteiger partial charge in [-0.1, -0.05) is 0 Å². The van der Waals surface area contributed by atoms with Gasteiger partial charge in [0.1, 0.15) is 5.69 Å². The molecule has 2 rings (SSSR count). The monoisotopic (exact) mass is 309 g/mol. The third-order valence-corrected chi connectivity index (χ3v) is 4.38. The van der Waals surface area contributed by atoms with Crippen molar-refractivity contribution in [2.24, 2.45) is 11.8 Å². The molecule has 0 aromatic carbocycles. The minimum atomic E-state index is 0.0218. The lowest BCUT2D eigenvalue weighted by Gasteiger charge is -2.23. The van der Waals surface area contributed by atoms with Crippen molar-refractivity contribution in [2.75, 3.05) is 53.6 Å². The summed E-state index contributed by atoms with van der Waals surface area (Å²) in [7, 11) is 3.74. The highest BCUT2D eigenvalue weighted by atomic mass is 16.5. The number of aromatic amines is 1. The van der Waals surface area contributed by atoms with Gasteiger partial charge in [-0.2, -0.15) is 0 Å². The summed E-state index contributed by atoms with van der Waals surface area (Å²) in [5, 5.41) is 9.61. The molecular weight excluding hydrogens is 282 g/mol. The number of carbonyl (C=O) groups excluding carboxylic acids is 1. The van der Waals surface area contributed by atoms with Gasteiger partial charge in [0.2, 0.25) is 0 Å². The predicted octanol–water partition coefficient (Wildman–Crippen LogP) is 0.582. The number of aryl methyl sites for hydroxylation is 1. The standard InChI is InChI=1S/C16H27N3O3/c1-12-6-15(17-7-12)16(21)19-9-13(14(10-19)11-20)8-18(2)4-5-22-3/h6-7,13-14,17,20H,4-5,8-11H2,1-3H3/t13-,14-/m1/s1. The maximum atomic E-state index is 12.5. The number of H-pyrrole nitrogens is 1. The van der Waals surface area contributed by atoms with E-state index < -0.39 is 0 Å². The molecule has 2 atom stereocenters. The van der Waals surface area contributed by atoms with Crippen LogP contribution in [0.2, 0.25) is 0 Å². The average molecular weight is 309 g/mol. The largest absolute Gasteiger partial charge is 0.396 e. The highest BCUT2D eigenvalue weighted by Gasteiger charge is 2.35. The number of carbonyl (C=O) groups is 1. The van der Waals surface area contributed by atoms with E-state index in [-0.39, 0.29) is 18.4 Å². The summed E-state index contributed by atoms with van der Waals surface area (Å²) < 4.78 is 5.09. The Hall–Kier alpha value is -1.37. The van der Waals surface area contributed by atoms with Crippen molar-refractivity contribution in [3.05, 3.63) is 23.5 Å². The molecule has 6 nitrogen and oxygen atoms in total. The first-order valence-electron chi connectivity index (χ1n) is 7.77. The molecule has 0 saturated carbocycles. The Labute approximate surface area is 132 Å². The fraction of sp³-hybridized carbons (Fsp3) is 0.688. The summed E-state index contributed by atoms with van der Waals surface area (Å²) in [6.45, 7) is 5.81. The van der Waals surface area contributed by atoms with Crippen molar-refractivity contribution in [3.8, 4) is 0 Å². The first-order chi connectivity index (χ1) is 10.5. The second-order valence-corrected chi connectivity index (χ2v) is 6.26. The van der Waals surface area contributed by atoms with Crippen LogP contribution in [0, 0.1) is 18.8 Å². The van der Waals surface area contributed by atoms with Gasteiger partial charge in [0.25, 0.3) is 5.91 Å². The highest BCUT2D eigenvalue weighted by molar-refractivity contribution is 5.92. The van der Waals surface area contributed by atoms with Crippen LogP contribution in [0.1, 0.15) is 16.1 Å². The molecule has 1 aliphatic rings. The normalized spacial score (nSPS) is 21.8. The van der Waals surface area contributed by atoms with Gasteiger partial charge in [-0.3, -0.25) is 4.79 Å². The summed E-state index contributed by atoms with van der Waals surface area (Å²) in [6.07, 6.45) is 1.84. The topological polar surface area (TPSA) is 68.8 Å². The lowest BCUT2D eigenvalue weighted by atomic mass is 9.96. The van der Waals surface area contributed by atoms with E-state index in [2.05, 4.69) is 9.88 Å². The van der Waals surface area contributed by atoms with Gasteiger partial charge in [0.15, 0.2) is 0 Å². The number of likely N-dealkylation sites (N-methyl/N-ethyl adjacent to an activating group) is 1. The van der Waals surface area contributed by atoms with Gasteiger partial charge in [-0.05, 0) is 31.5 Å². The molecule has 0 radical (unpaired) electrons. The third-order valence-electron chi connectivity index (χ3n) is 4.38. The van der Waals surface area contributed by atoms with Gasteiger partial charge < -0.3 is 24.6 Å². The van der Waals surface area contributed by atoms with Gasteiger partial charge in [0, 0.05) is 52.0 Å². The minimum Gasteiger partial charge on any atom is -0.396 e. The molecule has 2 N–H and O–H groups in total. The second-order valence-electron chi connectivity index (χ2n) is 6.26. The number of aliphatic hydroxyl groups is 1. The summed E-state index contributed by atoms with van der Waals surface area (Å²) in [4.78, 5) is 19.6. The molecular formula is C16H27N3O3. The van der Waals surface area contributed by atoms with Crippen LogP contribution in [0.15, 0.2) is 12.3 Å². The van der Waals surface area contributed by atoms with Crippen molar-refractivity contribution in [3.63, 3.8) is 0 Å². The molecule has 2 heterocycles. The Morgan fingerprint density at radius 3 is 2.82 bits per heavy atom. The van der Waals surface area contributed by atoms with Gasteiger partial charge in [0.05, 0.1) is 6.61 Å². The summed E-state index contributed by atoms with van der Waals surface area (Å²) in [5.41, 5.74) is 1.68. The van der Waals surface area contributed by atoms with Crippen LogP contribution in [-0.4, -0.2) is 79.3 Å². The lowest BCUT2D eigenvalue weighted by Crippen LogP contribution is -2.33. The molecule has 1 fully saturated rings. The molecule has 1 aromatic heterocycles. The predicted molar refractivity (Wildman–Crippen MR) is 84.9 cm³/mol. The molecule has 1 saturated heterocycles. The zero-order valence-electron chi connectivity index (χ0n) is 13.7. The number of hydrogen-bond donors (Lipinski definition) is 2. The molecule has 22 heavy (non-hydrogen) atoms. The molecule has 0 bridgehead atoms. The molecule has 1 amide bonds. The lowest BCUT2D eigenvalue weighted by molar-refractivity contribution is 0.0773.